The van der Waals surface area contributed by atoms with Crippen LogP contribution in [0.2, 0.25) is 0 Å². The summed E-state index contributed by atoms with van der Waals surface area (Å²) in [4.78, 5) is 7.14. The number of benzene rings is 1. The number of nitrogens with one attached hydrogen (secondary N) is 1. The summed E-state index contributed by atoms with van der Waals surface area (Å²) < 4.78 is 2.32. The molecular formula is C17H24N4. The zero-order chi connectivity index (χ0) is 14.7. The Morgan fingerprint density at radius 3 is 2.76 bits per heavy atom. The Balaban J connectivity index is 1.90. The van der Waals surface area contributed by atoms with Crippen molar-refractivity contribution in [1.82, 2.24) is 19.8 Å². The number of aromatic nitrogens is 2. The lowest BCUT2D eigenvalue weighted by Gasteiger charge is -2.15. The van der Waals surface area contributed by atoms with E-state index in [1.54, 1.807) is 0 Å². The van der Waals surface area contributed by atoms with Gasteiger partial charge in [-0.05, 0) is 33.5 Å². The first-order valence-corrected chi connectivity index (χ1v) is 7.74. The standard InChI is InChI=1S/C17H24N4/c1-20(2)11-12-21-13-16(14-7-4-3-5-8-14)19-17(21)15-9-6-10-18-15/h3-5,7-8,13,15,18H,6,9-12H2,1-2H3/t15-/m0/s1. The van der Waals surface area contributed by atoms with Gasteiger partial charge in [-0.2, -0.15) is 0 Å². The molecule has 1 aliphatic heterocycles. The molecular weight excluding hydrogens is 260 g/mol. The van der Waals surface area contributed by atoms with Crippen LogP contribution in [0.3, 0.4) is 0 Å². The van der Waals surface area contributed by atoms with Gasteiger partial charge in [0.15, 0.2) is 0 Å². The Bertz CT molecular complexity index is 568. The Labute approximate surface area is 126 Å². The average molecular weight is 284 g/mol. The molecule has 2 aromatic rings. The second-order valence-corrected chi connectivity index (χ2v) is 6.00. The molecule has 112 valence electrons. The molecule has 21 heavy (non-hydrogen) atoms. The van der Waals surface area contributed by atoms with Gasteiger partial charge in [0.2, 0.25) is 0 Å². The third-order valence-corrected chi connectivity index (χ3v) is 4.04. The summed E-state index contributed by atoms with van der Waals surface area (Å²) in [6.45, 7) is 3.12. The summed E-state index contributed by atoms with van der Waals surface area (Å²) in [5.74, 6) is 1.19. The van der Waals surface area contributed by atoms with Gasteiger partial charge in [0.05, 0.1) is 11.7 Å². The van der Waals surface area contributed by atoms with Crippen molar-refractivity contribution < 1.29 is 0 Å². The van der Waals surface area contributed by atoms with Crippen LogP contribution in [0.5, 0.6) is 0 Å². The van der Waals surface area contributed by atoms with Crippen molar-refractivity contribution in [3.05, 3.63) is 42.4 Å². The Morgan fingerprint density at radius 2 is 2.10 bits per heavy atom. The lowest BCUT2D eigenvalue weighted by Crippen LogP contribution is -2.22. The number of rotatable bonds is 5. The molecule has 0 spiro atoms. The largest absolute Gasteiger partial charge is 0.332 e. The summed E-state index contributed by atoms with van der Waals surface area (Å²) in [7, 11) is 4.23. The van der Waals surface area contributed by atoms with Crippen LogP contribution in [0.25, 0.3) is 11.3 Å². The second kappa shape index (κ2) is 6.41. The number of nitrogens with zero attached hydrogens (tertiary/aromatic N) is 3. The molecule has 1 N–H and O–H groups in total. The third-order valence-electron chi connectivity index (χ3n) is 4.04. The first kappa shape index (κ1) is 14.3. The lowest BCUT2D eigenvalue weighted by atomic mass is 10.2. The molecule has 1 aliphatic rings. The topological polar surface area (TPSA) is 33.1 Å². The SMILES string of the molecule is CN(C)CCn1cc(-c2ccccc2)nc1[C@@H]1CCCN1. The van der Waals surface area contributed by atoms with E-state index in [2.05, 4.69) is 59.3 Å². The minimum Gasteiger partial charge on any atom is -0.332 e. The van der Waals surface area contributed by atoms with Crippen LogP contribution in [0.4, 0.5) is 0 Å². The van der Waals surface area contributed by atoms with Crippen molar-refractivity contribution in [2.24, 2.45) is 0 Å². The van der Waals surface area contributed by atoms with Gasteiger partial charge in [0, 0.05) is 24.8 Å². The lowest BCUT2D eigenvalue weighted by molar-refractivity contribution is 0.376. The Hall–Kier alpha value is -1.65. The summed E-state index contributed by atoms with van der Waals surface area (Å²) in [5, 5.41) is 3.57. The van der Waals surface area contributed by atoms with Gasteiger partial charge in [-0.25, -0.2) is 4.98 Å². The van der Waals surface area contributed by atoms with Crippen LogP contribution in [-0.4, -0.2) is 41.6 Å². The molecule has 0 saturated carbocycles. The Morgan fingerprint density at radius 1 is 1.29 bits per heavy atom. The molecule has 2 heterocycles. The van der Waals surface area contributed by atoms with Crippen molar-refractivity contribution in [2.75, 3.05) is 27.2 Å². The highest BCUT2D eigenvalue weighted by Crippen LogP contribution is 2.26. The predicted molar refractivity (Wildman–Crippen MR) is 86.2 cm³/mol. The van der Waals surface area contributed by atoms with E-state index in [1.807, 2.05) is 6.07 Å². The molecule has 0 bridgehead atoms. The molecule has 1 saturated heterocycles. The second-order valence-electron chi connectivity index (χ2n) is 6.00. The van der Waals surface area contributed by atoms with Gasteiger partial charge in [0.1, 0.15) is 5.82 Å². The predicted octanol–water partition coefficient (Wildman–Crippen LogP) is 2.54. The maximum atomic E-state index is 4.92. The number of hydrogen-bond donors (Lipinski definition) is 1. The third kappa shape index (κ3) is 3.34. The molecule has 3 rings (SSSR count). The van der Waals surface area contributed by atoms with E-state index < -0.39 is 0 Å². The molecule has 0 radical (unpaired) electrons. The molecule has 4 heteroatoms. The summed E-state index contributed by atoms with van der Waals surface area (Å²) in [5.41, 5.74) is 2.28. The molecule has 0 unspecified atom stereocenters. The molecule has 1 fully saturated rings. The quantitative estimate of drug-likeness (QED) is 0.916. The highest BCUT2D eigenvalue weighted by atomic mass is 15.2. The van der Waals surface area contributed by atoms with Crippen molar-refractivity contribution >= 4 is 0 Å². The number of likely N-dealkylation sites (N-methyl/N-ethyl adjacent to an activating group) is 1. The van der Waals surface area contributed by atoms with E-state index in [1.165, 1.54) is 24.2 Å². The fourth-order valence-electron chi connectivity index (χ4n) is 2.85. The van der Waals surface area contributed by atoms with E-state index in [0.29, 0.717) is 6.04 Å². The highest BCUT2D eigenvalue weighted by molar-refractivity contribution is 5.58. The summed E-state index contributed by atoms with van der Waals surface area (Å²) >= 11 is 0. The van der Waals surface area contributed by atoms with Crippen LogP contribution in [0, 0.1) is 0 Å². The fraction of sp³-hybridized carbons (Fsp3) is 0.471. The fourth-order valence-corrected chi connectivity index (χ4v) is 2.85. The maximum Gasteiger partial charge on any atom is 0.126 e. The molecule has 1 atom stereocenters. The van der Waals surface area contributed by atoms with Crippen molar-refractivity contribution in [2.45, 2.75) is 25.4 Å². The van der Waals surface area contributed by atoms with E-state index in [-0.39, 0.29) is 0 Å². The van der Waals surface area contributed by atoms with Crippen LogP contribution in [0.15, 0.2) is 36.5 Å². The van der Waals surface area contributed by atoms with Crippen molar-refractivity contribution in [1.29, 1.82) is 0 Å². The number of hydrogen-bond acceptors (Lipinski definition) is 3. The average Bonchev–Trinajstić information content (AvgIpc) is 3.15. The normalized spacial score (nSPS) is 18.5. The van der Waals surface area contributed by atoms with Crippen LogP contribution >= 0.6 is 0 Å². The first-order valence-electron chi connectivity index (χ1n) is 7.74. The molecule has 0 aliphatic carbocycles. The zero-order valence-corrected chi connectivity index (χ0v) is 12.9. The molecule has 0 amide bonds. The van der Waals surface area contributed by atoms with E-state index in [9.17, 15) is 0 Å². The van der Waals surface area contributed by atoms with Gasteiger partial charge < -0.3 is 14.8 Å². The van der Waals surface area contributed by atoms with Crippen molar-refractivity contribution in [3.63, 3.8) is 0 Å². The molecule has 1 aromatic heterocycles. The van der Waals surface area contributed by atoms with E-state index in [0.717, 1.165) is 25.3 Å². The van der Waals surface area contributed by atoms with E-state index >= 15 is 0 Å². The highest BCUT2D eigenvalue weighted by Gasteiger charge is 2.22. The van der Waals surface area contributed by atoms with Crippen LogP contribution < -0.4 is 5.32 Å². The van der Waals surface area contributed by atoms with Crippen molar-refractivity contribution in [3.8, 4) is 11.3 Å². The van der Waals surface area contributed by atoms with E-state index in [4.69, 9.17) is 4.98 Å². The first-order chi connectivity index (χ1) is 10.2. The van der Waals surface area contributed by atoms with Gasteiger partial charge in [0.25, 0.3) is 0 Å². The zero-order valence-electron chi connectivity index (χ0n) is 12.9. The van der Waals surface area contributed by atoms with Gasteiger partial charge in [-0.1, -0.05) is 30.3 Å². The van der Waals surface area contributed by atoms with Gasteiger partial charge in [-0.15, -0.1) is 0 Å². The molecule has 1 aromatic carbocycles. The maximum absolute atomic E-state index is 4.92. The minimum absolute atomic E-state index is 0.407. The summed E-state index contributed by atoms with van der Waals surface area (Å²) in [6.07, 6.45) is 4.63. The minimum atomic E-state index is 0.407. The molecule has 4 nitrogen and oxygen atoms in total. The van der Waals surface area contributed by atoms with Gasteiger partial charge >= 0.3 is 0 Å². The van der Waals surface area contributed by atoms with Crippen LogP contribution in [0.1, 0.15) is 24.7 Å². The number of imidazole rings is 1. The van der Waals surface area contributed by atoms with Crippen LogP contribution in [-0.2, 0) is 6.54 Å². The Kier molecular flexibility index (Phi) is 4.36. The van der Waals surface area contributed by atoms with Gasteiger partial charge in [-0.3, -0.25) is 0 Å². The smallest absolute Gasteiger partial charge is 0.126 e. The monoisotopic (exact) mass is 284 g/mol. The summed E-state index contributed by atoms with van der Waals surface area (Å²) in [6, 6.07) is 10.9.